The van der Waals surface area contributed by atoms with Gasteiger partial charge in [0.05, 0.1) is 12.5 Å². The van der Waals surface area contributed by atoms with E-state index in [1.165, 1.54) is 0 Å². The highest BCUT2D eigenvalue weighted by Crippen LogP contribution is 2.31. The summed E-state index contributed by atoms with van der Waals surface area (Å²) in [5.74, 6) is 1.33. The van der Waals surface area contributed by atoms with Gasteiger partial charge < -0.3 is 15.8 Å². The first-order valence-electron chi connectivity index (χ1n) is 8.67. The molecule has 1 aromatic rings. The van der Waals surface area contributed by atoms with Gasteiger partial charge in [0.1, 0.15) is 5.75 Å². The lowest BCUT2D eigenvalue weighted by molar-refractivity contribution is -0.128. The zero-order chi connectivity index (χ0) is 16.9. The molecule has 3 N–H and O–H groups in total. The topological polar surface area (TPSA) is 64.3 Å². The number of ether oxygens (including phenoxy) is 1. The first-order valence-corrected chi connectivity index (χ1v) is 8.67. The molecule has 1 amide bonds. The third-order valence-corrected chi connectivity index (χ3v) is 4.52. The zero-order valence-electron chi connectivity index (χ0n) is 15.0. The highest BCUT2D eigenvalue weighted by Gasteiger charge is 2.37. The summed E-state index contributed by atoms with van der Waals surface area (Å²) in [7, 11) is 0. The summed E-state index contributed by atoms with van der Waals surface area (Å²) in [6, 6.07) is 7.91. The number of amides is 1. The van der Waals surface area contributed by atoms with Gasteiger partial charge in [-0.2, -0.15) is 0 Å². The second kappa shape index (κ2) is 9.28. The van der Waals surface area contributed by atoms with Crippen molar-refractivity contribution in [3.05, 3.63) is 29.8 Å². The third-order valence-electron chi connectivity index (χ3n) is 4.52. The Morgan fingerprint density at radius 2 is 2.17 bits per heavy atom. The fourth-order valence-corrected chi connectivity index (χ4v) is 3.11. The van der Waals surface area contributed by atoms with Gasteiger partial charge in [0, 0.05) is 12.1 Å². The van der Waals surface area contributed by atoms with E-state index in [1.807, 2.05) is 31.2 Å². The van der Waals surface area contributed by atoms with E-state index in [0.29, 0.717) is 19.1 Å². The molecule has 0 saturated heterocycles. The molecule has 5 heteroatoms. The molecule has 0 aromatic heterocycles. The number of nitrogens with two attached hydrogens (primary N) is 1. The van der Waals surface area contributed by atoms with Crippen molar-refractivity contribution < 1.29 is 9.53 Å². The Bertz CT molecular complexity index is 532. The average molecular weight is 355 g/mol. The van der Waals surface area contributed by atoms with Crippen LogP contribution in [0.1, 0.15) is 52.0 Å². The average Bonchev–Trinajstić information content (AvgIpc) is 2.50. The van der Waals surface area contributed by atoms with Crippen molar-refractivity contribution in [2.45, 2.75) is 58.5 Å². The lowest BCUT2D eigenvalue weighted by Crippen LogP contribution is -2.52. The number of carbonyl (C=O) groups excluding carboxylic acids is 1. The van der Waals surface area contributed by atoms with Crippen LogP contribution in [0, 0.1) is 11.8 Å². The van der Waals surface area contributed by atoms with Gasteiger partial charge in [-0.05, 0) is 43.4 Å². The van der Waals surface area contributed by atoms with Gasteiger partial charge in [0.15, 0.2) is 0 Å². The molecule has 0 bridgehead atoms. The summed E-state index contributed by atoms with van der Waals surface area (Å²) in [4.78, 5) is 12.5. The van der Waals surface area contributed by atoms with Crippen molar-refractivity contribution in [3.8, 4) is 5.75 Å². The molecule has 136 valence electrons. The normalized spacial score (nSPS) is 23.5. The molecule has 1 aliphatic carbocycles. The summed E-state index contributed by atoms with van der Waals surface area (Å²) in [5, 5.41) is 3.04. The SMILES string of the molecule is CC(C)COc1cccc(CNC(=O)C2CCCCC2(C)N)c1.Cl. The molecule has 0 radical (unpaired) electrons. The largest absolute Gasteiger partial charge is 0.493 e. The molecule has 1 aromatic carbocycles. The van der Waals surface area contributed by atoms with Crippen LogP contribution in [-0.2, 0) is 11.3 Å². The summed E-state index contributed by atoms with van der Waals surface area (Å²) in [5.41, 5.74) is 6.97. The zero-order valence-corrected chi connectivity index (χ0v) is 15.8. The lowest BCUT2D eigenvalue weighted by Gasteiger charge is -2.37. The maximum Gasteiger partial charge on any atom is 0.225 e. The minimum absolute atomic E-state index is 0. The Kier molecular flexibility index (Phi) is 8.04. The molecule has 2 rings (SSSR count). The lowest BCUT2D eigenvalue weighted by atomic mass is 9.74. The minimum atomic E-state index is -0.384. The Labute approximate surface area is 151 Å². The third kappa shape index (κ3) is 5.99. The molecule has 24 heavy (non-hydrogen) atoms. The molecule has 0 spiro atoms. The van der Waals surface area contributed by atoms with E-state index >= 15 is 0 Å². The van der Waals surface area contributed by atoms with Crippen LogP contribution in [0.3, 0.4) is 0 Å². The number of nitrogens with one attached hydrogen (secondary N) is 1. The van der Waals surface area contributed by atoms with Crippen LogP contribution in [0.5, 0.6) is 5.75 Å². The fraction of sp³-hybridized carbons (Fsp3) is 0.632. The molecule has 4 nitrogen and oxygen atoms in total. The first-order chi connectivity index (χ1) is 10.9. The molecule has 1 saturated carbocycles. The number of hydrogen-bond acceptors (Lipinski definition) is 3. The van der Waals surface area contributed by atoms with Crippen LogP contribution < -0.4 is 15.8 Å². The van der Waals surface area contributed by atoms with E-state index in [4.69, 9.17) is 10.5 Å². The summed E-state index contributed by atoms with van der Waals surface area (Å²) < 4.78 is 5.73. The smallest absolute Gasteiger partial charge is 0.225 e. The van der Waals surface area contributed by atoms with Gasteiger partial charge in [-0.3, -0.25) is 4.79 Å². The van der Waals surface area contributed by atoms with Crippen LogP contribution in [0.4, 0.5) is 0 Å². The summed E-state index contributed by atoms with van der Waals surface area (Å²) in [6.07, 6.45) is 4.01. The second-order valence-corrected chi connectivity index (χ2v) is 7.37. The van der Waals surface area contributed by atoms with E-state index in [9.17, 15) is 4.79 Å². The Morgan fingerprint density at radius 3 is 2.83 bits per heavy atom. The molecule has 2 unspecified atom stereocenters. The summed E-state index contributed by atoms with van der Waals surface area (Å²) in [6.45, 7) is 7.46. The van der Waals surface area contributed by atoms with E-state index in [1.54, 1.807) is 0 Å². The highest BCUT2D eigenvalue weighted by molar-refractivity contribution is 5.85. The van der Waals surface area contributed by atoms with Gasteiger partial charge in [-0.1, -0.05) is 38.8 Å². The highest BCUT2D eigenvalue weighted by atomic mass is 35.5. The molecular weight excluding hydrogens is 324 g/mol. The first kappa shape index (κ1) is 20.8. The van der Waals surface area contributed by atoms with Gasteiger partial charge in [0.25, 0.3) is 0 Å². The molecule has 0 aliphatic heterocycles. The van der Waals surface area contributed by atoms with Crippen LogP contribution in [0.25, 0.3) is 0 Å². The number of halogens is 1. The number of hydrogen-bond donors (Lipinski definition) is 2. The monoisotopic (exact) mass is 354 g/mol. The van der Waals surface area contributed by atoms with Crippen molar-refractivity contribution >= 4 is 18.3 Å². The van der Waals surface area contributed by atoms with Crippen LogP contribution >= 0.6 is 12.4 Å². The van der Waals surface area contributed by atoms with Gasteiger partial charge in [-0.15, -0.1) is 12.4 Å². The van der Waals surface area contributed by atoms with Gasteiger partial charge >= 0.3 is 0 Å². The van der Waals surface area contributed by atoms with E-state index in [-0.39, 0.29) is 29.8 Å². The number of carbonyl (C=O) groups is 1. The maximum absolute atomic E-state index is 12.5. The Balaban J connectivity index is 0.00000288. The van der Waals surface area contributed by atoms with Gasteiger partial charge in [0.2, 0.25) is 5.91 Å². The predicted octanol–water partition coefficient (Wildman–Crippen LogP) is 3.67. The Hall–Kier alpha value is -1.26. The molecule has 1 fully saturated rings. The molecule has 1 aliphatic rings. The van der Waals surface area contributed by atoms with Crippen molar-refractivity contribution in [1.29, 1.82) is 0 Å². The van der Waals surface area contributed by atoms with E-state index in [2.05, 4.69) is 19.2 Å². The number of benzene rings is 1. The standard InChI is InChI=1S/C19H30N2O2.ClH/c1-14(2)13-23-16-8-6-7-15(11-16)12-21-18(22)17-9-4-5-10-19(17,3)20;/h6-8,11,14,17H,4-5,9-10,12-13,20H2,1-3H3,(H,21,22);1H. The maximum atomic E-state index is 12.5. The molecular formula is C19H31ClN2O2. The van der Waals surface area contributed by atoms with Crippen molar-refractivity contribution in [2.24, 2.45) is 17.6 Å². The quantitative estimate of drug-likeness (QED) is 0.819. The Morgan fingerprint density at radius 1 is 1.42 bits per heavy atom. The van der Waals surface area contributed by atoms with E-state index in [0.717, 1.165) is 37.0 Å². The van der Waals surface area contributed by atoms with Gasteiger partial charge in [-0.25, -0.2) is 0 Å². The molecule has 0 heterocycles. The molecule has 2 atom stereocenters. The number of rotatable bonds is 6. The van der Waals surface area contributed by atoms with E-state index < -0.39 is 0 Å². The predicted molar refractivity (Wildman–Crippen MR) is 100 cm³/mol. The van der Waals surface area contributed by atoms with Crippen molar-refractivity contribution in [1.82, 2.24) is 5.32 Å². The summed E-state index contributed by atoms with van der Waals surface area (Å²) >= 11 is 0. The van der Waals surface area contributed by atoms with Crippen LogP contribution in [0.15, 0.2) is 24.3 Å². The van der Waals surface area contributed by atoms with Crippen molar-refractivity contribution in [2.75, 3.05) is 6.61 Å². The fourth-order valence-electron chi connectivity index (χ4n) is 3.11. The van der Waals surface area contributed by atoms with Crippen LogP contribution in [-0.4, -0.2) is 18.1 Å². The van der Waals surface area contributed by atoms with Crippen molar-refractivity contribution in [3.63, 3.8) is 0 Å². The minimum Gasteiger partial charge on any atom is -0.493 e. The van der Waals surface area contributed by atoms with Crippen LogP contribution in [0.2, 0.25) is 0 Å². The second-order valence-electron chi connectivity index (χ2n) is 7.37.